The number of hydrogen-bond donors (Lipinski definition) is 0. The highest BCUT2D eigenvalue weighted by atomic mass is 17.2. The lowest BCUT2D eigenvalue weighted by atomic mass is 9.84. The predicted molar refractivity (Wildman–Crippen MR) is 50.7 cm³/mol. The SMILES string of the molecule is C1COOC(CC2CCC3OC3C2)C1. The standard InChI is InChI=1S/C11H18O3/c1-2-9(14-12-5-1)6-8-3-4-10-11(7-8)13-10/h8-11H,1-7H2. The second-order valence-electron chi connectivity index (χ2n) is 4.81. The van der Waals surface area contributed by atoms with Crippen LogP contribution in [-0.4, -0.2) is 24.9 Å². The van der Waals surface area contributed by atoms with E-state index in [9.17, 15) is 0 Å². The molecule has 0 aromatic rings. The first-order chi connectivity index (χ1) is 6.92. The number of fused-ring (bicyclic) bond motifs is 1. The molecule has 1 aliphatic carbocycles. The molecule has 0 amide bonds. The third kappa shape index (κ3) is 1.95. The van der Waals surface area contributed by atoms with Gasteiger partial charge in [-0.1, -0.05) is 0 Å². The monoisotopic (exact) mass is 198 g/mol. The molecular formula is C11H18O3. The molecule has 0 aromatic carbocycles. The number of rotatable bonds is 2. The average molecular weight is 198 g/mol. The van der Waals surface area contributed by atoms with Crippen LogP contribution in [-0.2, 0) is 14.5 Å². The van der Waals surface area contributed by atoms with Gasteiger partial charge in [-0.2, -0.15) is 0 Å². The largest absolute Gasteiger partial charge is 0.370 e. The van der Waals surface area contributed by atoms with Crippen molar-refractivity contribution in [3.63, 3.8) is 0 Å². The first-order valence-corrected chi connectivity index (χ1v) is 5.85. The minimum atomic E-state index is 0.351. The third-order valence-corrected chi connectivity index (χ3v) is 3.67. The second kappa shape index (κ2) is 3.80. The van der Waals surface area contributed by atoms with Gasteiger partial charge in [0.2, 0.25) is 0 Å². The van der Waals surface area contributed by atoms with Crippen LogP contribution in [0.3, 0.4) is 0 Å². The summed E-state index contributed by atoms with van der Waals surface area (Å²) in [6.45, 7) is 0.773. The smallest absolute Gasteiger partial charge is 0.0933 e. The maximum absolute atomic E-state index is 5.53. The Balaban J connectivity index is 1.46. The average Bonchev–Trinajstić information content (AvgIpc) is 2.97. The van der Waals surface area contributed by atoms with E-state index >= 15 is 0 Å². The highest BCUT2D eigenvalue weighted by Gasteiger charge is 2.44. The Morgan fingerprint density at radius 3 is 2.86 bits per heavy atom. The van der Waals surface area contributed by atoms with E-state index in [-0.39, 0.29) is 0 Å². The summed E-state index contributed by atoms with van der Waals surface area (Å²) < 4.78 is 5.53. The van der Waals surface area contributed by atoms with E-state index in [4.69, 9.17) is 14.5 Å². The number of ether oxygens (including phenoxy) is 1. The maximum atomic E-state index is 5.53. The highest BCUT2D eigenvalue weighted by molar-refractivity contribution is 4.92. The van der Waals surface area contributed by atoms with Gasteiger partial charge in [-0.25, -0.2) is 9.78 Å². The molecule has 80 valence electrons. The Morgan fingerprint density at radius 1 is 1.07 bits per heavy atom. The molecule has 2 saturated heterocycles. The topological polar surface area (TPSA) is 31.0 Å². The lowest BCUT2D eigenvalue weighted by Gasteiger charge is -2.26. The lowest BCUT2D eigenvalue weighted by Crippen LogP contribution is -2.25. The van der Waals surface area contributed by atoms with Crippen LogP contribution < -0.4 is 0 Å². The quantitative estimate of drug-likeness (QED) is 0.502. The zero-order chi connectivity index (χ0) is 9.38. The van der Waals surface area contributed by atoms with Crippen LogP contribution in [0, 0.1) is 5.92 Å². The van der Waals surface area contributed by atoms with E-state index in [0.717, 1.165) is 18.9 Å². The molecule has 4 atom stereocenters. The molecule has 3 rings (SSSR count). The van der Waals surface area contributed by atoms with Gasteiger partial charge in [0.25, 0.3) is 0 Å². The Kier molecular flexibility index (Phi) is 2.48. The van der Waals surface area contributed by atoms with Gasteiger partial charge < -0.3 is 4.74 Å². The van der Waals surface area contributed by atoms with Crippen molar-refractivity contribution < 1.29 is 14.5 Å². The van der Waals surface area contributed by atoms with Crippen molar-refractivity contribution in [2.45, 2.75) is 56.8 Å². The second-order valence-corrected chi connectivity index (χ2v) is 4.81. The Bertz CT molecular complexity index is 201. The summed E-state index contributed by atoms with van der Waals surface area (Å²) in [5.41, 5.74) is 0. The normalized spacial score (nSPS) is 47.1. The molecule has 4 unspecified atom stereocenters. The number of hydrogen-bond acceptors (Lipinski definition) is 3. The summed E-state index contributed by atoms with van der Waals surface area (Å²) in [7, 11) is 0. The van der Waals surface area contributed by atoms with Gasteiger partial charge in [-0.15, -0.1) is 0 Å². The van der Waals surface area contributed by atoms with Gasteiger partial charge in [0, 0.05) is 0 Å². The van der Waals surface area contributed by atoms with Gasteiger partial charge in [0.15, 0.2) is 0 Å². The molecule has 2 aliphatic heterocycles. The van der Waals surface area contributed by atoms with Gasteiger partial charge in [-0.3, -0.25) is 0 Å². The van der Waals surface area contributed by atoms with Crippen molar-refractivity contribution in [2.24, 2.45) is 5.92 Å². The van der Waals surface area contributed by atoms with Crippen LogP contribution in [0.2, 0.25) is 0 Å². The Hall–Kier alpha value is -0.120. The first-order valence-electron chi connectivity index (χ1n) is 5.85. The van der Waals surface area contributed by atoms with Crippen LogP contribution in [0.15, 0.2) is 0 Å². The zero-order valence-corrected chi connectivity index (χ0v) is 8.48. The maximum Gasteiger partial charge on any atom is 0.0933 e. The summed E-state index contributed by atoms with van der Waals surface area (Å²) in [5, 5.41) is 0. The molecule has 0 aromatic heterocycles. The van der Waals surface area contributed by atoms with Crippen molar-refractivity contribution in [3.05, 3.63) is 0 Å². The van der Waals surface area contributed by atoms with Gasteiger partial charge in [0.1, 0.15) is 0 Å². The molecule has 0 spiro atoms. The summed E-state index contributed by atoms with van der Waals surface area (Å²) in [5.74, 6) is 0.811. The molecule has 1 saturated carbocycles. The molecule has 14 heavy (non-hydrogen) atoms. The van der Waals surface area contributed by atoms with Crippen LogP contribution in [0.1, 0.15) is 38.5 Å². The molecule has 2 heterocycles. The van der Waals surface area contributed by atoms with Gasteiger partial charge >= 0.3 is 0 Å². The van der Waals surface area contributed by atoms with Gasteiger partial charge in [0.05, 0.1) is 24.9 Å². The first kappa shape index (κ1) is 9.13. The van der Waals surface area contributed by atoms with E-state index in [1.807, 2.05) is 0 Å². The van der Waals surface area contributed by atoms with Crippen molar-refractivity contribution in [2.75, 3.05) is 6.61 Å². The molecular weight excluding hydrogens is 180 g/mol. The van der Waals surface area contributed by atoms with Crippen molar-refractivity contribution >= 4 is 0 Å². The summed E-state index contributed by atoms with van der Waals surface area (Å²) in [4.78, 5) is 10.3. The van der Waals surface area contributed by atoms with E-state index in [0.29, 0.717) is 18.3 Å². The van der Waals surface area contributed by atoms with E-state index in [1.165, 1.54) is 32.1 Å². The fourth-order valence-electron chi connectivity index (χ4n) is 2.79. The molecule has 0 N–H and O–H groups in total. The molecule has 0 bridgehead atoms. The minimum absolute atomic E-state index is 0.351. The molecule has 3 heteroatoms. The van der Waals surface area contributed by atoms with Crippen LogP contribution in [0.25, 0.3) is 0 Å². The van der Waals surface area contributed by atoms with Crippen LogP contribution >= 0.6 is 0 Å². The predicted octanol–water partition coefficient (Wildman–Crippen LogP) is 2.05. The summed E-state index contributed by atoms with van der Waals surface area (Å²) in [6.07, 6.45) is 8.91. The highest BCUT2D eigenvalue weighted by Crippen LogP contribution is 2.41. The summed E-state index contributed by atoms with van der Waals surface area (Å²) in [6, 6.07) is 0. The fourth-order valence-corrected chi connectivity index (χ4v) is 2.79. The Morgan fingerprint density at radius 2 is 2.07 bits per heavy atom. The Labute approximate surface area is 84.6 Å². The van der Waals surface area contributed by atoms with Crippen LogP contribution in [0.5, 0.6) is 0 Å². The molecule has 3 aliphatic rings. The summed E-state index contributed by atoms with van der Waals surface area (Å²) >= 11 is 0. The van der Waals surface area contributed by atoms with E-state index < -0.39 is 0 Å². The number of epoxide rings is 1. The molecule has 0 radical (unpaired) electrons. The minimum Gasteiger partial charge on any atom is -0.370 e. The van der Waals surface area contributed by atoms with Crippen LogP contribution in [0.4, 0.5) is 0 Å². The van der Waals surface area contributed by atoms with Crippen molar-refractivity contribution in [1.29, 1.82) is 0 Å². The van der Waals surface area contributed by atoms with Crippen molar-refractivity contribution in [3.8, 4) is 0 Å². The zero-order valence-electron chi connectivity index (χ0n) is 8.48. The third-order valence-electron chi connectivity index (χ3n) is 3.67. The van der Waals surface area contributed by atoms with E-state index in [1.54, 1.807) is 0 Å². The molecule has 3 fully saturated rings. The lowest BCUT2D eigenvalue weighted by molar-refractivity contribution is -0.347. The van der Waals surface area contributed by atoms with Gasteiger partial charge in [-0.05, 0) is 44.4 Å². The fraction of sp³-hybridized carbons (Fsp3) is 1.00. The van der Waals surface area contributed by atoms with E-state index in [2.05, 4.69) is 0 Å². The van der Waals surface area contributed by atoms with Crippen molar-refractivity contribution in [1.82, 2.24) is 0 Å². The molecule has 3 nitrogen and oxygen atoms in total.